The van der Waals surface area contributed by atoms with Crippen LogP contribution in [-0.2, 0) is 12.8 Å². The van der Waals surface area contributed by atoms with E-state index < -0.39 is 0 Å². The van der Waals surface area contributed by atoms with E-state index in [2.05, 4.69) is 11.1 Å². The van der Waals surface area contributed by atoms with Crippen molar-refractivity contribution >= 4 is 0 Å². The van der Waals surface area contributed by atoms with Gasteiger partial charge < -0.3 is 4.98 Å². The van der Waals surface area contributed by atoms with Crippen molar-refractivity contribution < 1.29 is 0 Å². The van der Waals surface area contributed by atoms with Gasteiger partial charge in [0.1, 0.15) is 6.07 Å². The summed E-state index contributed by atoms with van der Waals surface area (Å²) >= 11 is 0. The van der Waals surface area contributed by atoms with E-state index in [1.165, 1.54) is 6.20 Å². The summed E-state index contributed by atoms with van der Waals surface area (Å²) in [6, 6.07) is 2.11. The maximum Gasteiger partial charge on any atom is 0.251 e. The maximum atomic E-state index is 11.4. The molecule has 0 unspecified atom stereocenters. The van der Waals surface area contributed by atoms with Crippen LogP contribution in [0.25, 0.3) is 0 Å². The Morgan fingerprint density at radius 2 is 2.00 bits per heavy atom. The maximum absolute atomic E-state index is 11.4. The highest BCUT2D eigenvalue weighted by molar-refractivity contribution is 5.41. The predicted molar refractivity (Wildman–Crippen MR) is 48.4 cm³/mol. The molecule has 0 bridgehead atoms. The van der Waals surface area contributed by atoms with Crippen molar-refractivity contribution in [1.82, 2.24) is 4.98 Å². The number of fused-ring (bicyclic) bond motifs is 1. The summed E-state index contributed by atoms with van der Waals surface area (Å²) in [4.78, 5) is 14.0. The van der Waals surface area contributed by atoms with Crippen molar-refractivity contribution in [3.8, 4) is 6.07 Å². The van der Waals surface area contributed by atoms with Crippen LogP contribution in [0.2, 0.25) is 0 Å². The molecule has 1 aliphatic carbocycles. The minimum atomic E-state index is -0.0197. The van der Waals surface area contributed by atoms with Crippen LogP contribution in [0.4, 0.5) is 0 Å². The molecule has 0 aliphatic heterocycles. The Kier molecular flexibility index (Phi) is 1.90. The summed E-state index contributed by atoms with van der Waals surface area (Å²) in [7, 11) is 0. The molecule has 0 spiro atoms. The molecule has 0 radical (unpaired) electrons. The summed E-state index contributed by atoms with van der Waals surface area (Å²) in [6.07, 6.45) is 5.37. The van der Waals surface area contributed by atoms with E-state index in [1.807, 2.05) is 0 Å². The number of nitrogens with zero attached hydrogens (tertiary/aromatic N) is 1. The lowest BCUT2D eigenvalue weighted by Crippen LogP contribution is -2.19. The van der Waals surface area contributed by atoms with Crippen LogP contribution < -0.4 is 5.56 Å². The second-order valence-electron chi connectivity index (χ2n) is 3.31. The molecule has 1 aromatic rings. The van der Waals surface area contributed by atoms with E-state index in [0.29, 0.717) is 5.56 Å². The Bertz CT molecular complexity index is 426. The number of aromatic amines is 1. The Labute approximate surface area is 76.0 Å². The van der Waals surface area contributed by atoms with Gasteiger partial charge in [0, 0.05) is 11.8 Å². The first-order chi connectivity index (χ1) is 6.33. The van der Waals surface area contributed by atoms with Gasteiger partial charge in [-0.05, 0) is 31.2 Å². The first-order valence-corrected chi connectivity index (χ1v) is 4.46. The first kappa shape index (κ1) is 8.06. The highest BCUT2D eigenvalue weighted by atomic mass is 16.1. The summed E-state index contributed by atoms with van der Waals surface area (Å²) in [5.41, 5.74) is 2.41. The van der Waals surface area contributed by atoms with Gasteiger partial charge in [0.25, 0.3) is 5.56 Å². The molecular formula is C10H10N2O. The van der Waals surface area contributed by atoms with Gasteiger partial charge in [0.15, 0.2) is 0 Å². The van der Waals surface area contributed by atoms with E-state index in [0.717, 1.165) is 36.8 Å². The summed E-state index contributed by atoms with van der Waals surface area (Å²) in [5.74, 6) is 0. The lowest BCUT2D eigenvalue weighted by molar-refractivity contribution is 0.675. The van der Waals surface area contributed by atoms with Crippen LogP contribution in [0, 0.1) is 11.3 Å². The van der Waals surface area contributed by atoms with Crippen LogP contribution in [0.5, 0.6) is 0 Å². The number of H-pyrrole nitrogens is 1. The summed E-state index contributed by atoms with van der Waals surface area (Å²) in [6.45, 7) is 0. The molecule has 0 saturated carbocycles. The van der Waals surface area contributed by atoms with Crippen molar-refractivity contribution in [2.75, 3.05) is 0 Å². The molecular weight excluding hydrogens is 164 g/mol. The molecule has 3 nitrogen and oxygen atoms in total. The average Bonchev–Trinajstić information content (AvgIpc) is 2.19. The van der Waals surface area contributed by atoms with Crippen molar-refractivity contribution in [2.45, 2.75) is 25.7 Å². The number of rotatable bonds is 0. The number of pyridine rings is 1. The fraction of sp³-hybridized carbons (Fsp3) is 0.400. The Balaban J connectivity index is 2.68. The molecule has 2 rings (SSSR count). The van der Waals surface area contributed by atoms with Gasteiger partial charge in [-0.1, -0.05) is 0 Å². The SMILES string of the molecule is N#Cc1c[nH]c(=O)c2c1CCCC2. The molecule has 1 heterocycles. The molecule has 1 N–H and O–H groups in total. The quantitative estimate of drug-likeness (QED) is 0.640. The van der Waals surface area contributed by atoms with Crippen LogP contribution >= 0.6 is 0 Å². The number of aromatic nitrogens is 1. The first-order valence-electron chi connectivity index (χ1n) is 4.46. The molecule has 1 aliphatic rings. The Morgan fingerprint density at radius 3 is 2.69 bits per heavy atom. The molecule has 0 aromatic carbocycles. The molecule has 13 heavy (non-hydrogen) atoms. The van der Waals surface area contributed by atoms with Crippen LogP contribution in [0.1, 0.15) is 29.5 Å². The average molecular weight is 174 g/mol. The van der Waals surface area contributed by atoms with Crippen LogP contribution in [-0.4, -0.2) is 4.98 Å². The molecule has 0 atom stereocenters. The number of nitriles is 1. The molecule has 0 saturated heterocycles. The summed E-state index contributed by atoms with van der Waals surface area (Å²) < 4.78 is 0. The van der Waals surface area contributed by atoms with E-state index in [9.17, 15) is 4.79 Å². The third-order valence-corrected chi connectivity index (χ3v) is 2.54. The largest absolute Gasteiger partial charge is 0.328 e. The van der Waals surface area contributed by atoms with Gasteiger partial charge in [0.2, 0.25) is 0 Å². The minimum Gasteiger partial charge on any atom is -0.328 e. The van der Waals surface area contributed by atoms with Gasteiger partial charge in [-0.3, -0.25) is 4.79 Å². The molecule has 0 amide bonds. The molecule has 66 valence electrons. The smallest absolute Gasteiger partial charge is 0.251 e. The zero-order valence-corrected chi connectivity index (χ0v) is 7.26. The van der Waals surface area contributed by atoms with Gasteiger partial charge in [-0.25, -0.2) is 0 Å². The minimum absolute atomic E-state index is 0.0197. The number of hydrogen-bond donors (Lipinski definition) is 1. The van der Waals surface area contributed by atoms with Crippen LogP contribution in [0.3, 0.4) is 0 Å². The monoisotopic (exact) mass is 174 g/mol. The van der Waals surface area contributed by atoms with E-state index in [-0.39, 0.29) is 5.56 Å². The Morgan fingerprint density at radius 1 is 1.31 bits per heavy atom. The van der Waals surface area contributed by atoms with Gasteiger partial charge in [0.05, 0.1) is 5.56 Å². The van der Waals surface area contributed by atoms with E-state index in [1.54, 1.807) is 0 Å². The standard InChI is InChI=1S/C10H10N2O/c11-5-7-6-12-10(13)9-4-2-1-3-8(7)9/h6H,1-4H2,(H,12,13). The van der Waals surface area contributed by atoms with Crippen LogP contribution in [0.15, 0.2) is 11.0 Å². The zero-order valence-electron chi connectivity index (χ0n) is 7.26. The van der Waals surface area contributed by atoms with Crippen molar-refractivity contribution in [3.05, 3.63) is 33.2 Å². The van der Waals surface area contributed by atoms with Crippen molar-refractivity contribution in [2.24, 2.45) is 0 Å². The zero-order chi connectivity index (χ0) is 9.26. The van der Waals surface area contributed by atoms with E-state index >= 15 is 0 Å². The fourth-order valence-electron chi connectivity index (χ4n) is 1.86. The number of hydrogen-bond acceptors (Lipinski definition) is 2. The lowest BCUT2D eigenvalue weighted by atomic mass is 9.90. The fourth-order valence-corrected chi connectivity index (χ4v) is 1.86. The Hall–Kier alpha value is -1.56. The molecule has 3 heteroatoms. The van der Waals surface area contributed by atoms with E-state index in [4.69, 9.17) is 5.26 Å². The van der Waals surface area contributed by atoms with Crippen molar-refractivity contribution in [1.29, 1.82) is 5.26 Å². The topological polar surface area (TPSA) is 56.6 Å². The second-order valence-corrected chi connectivity index (χ2v) is 3.31. The number of nitrogens with one attached hydrogen (secondary N) is 1. The molecule has 1 aromatic heterocycles. The highest BCUT2D eigenvalue weighted by Gasteiger charge is 2.15. The lowest BCUT2D eigenvalue weighted by Gasteiger charge is -2.14. The van der Waals surface area contributed by atoms with Gasteiger partial charge >= 0.3 is 0 Å². The predicted octanol–water partition coefficient (Wildman–Crippen LogP) is 1.13. The molecule has 0 fully saturated rings. The van der Waals surface area contributed by atoms with Gasteiger partial charge in [-0.2, -0.15) is 5.26 Å². The summed E-state index contributed by atoms with van der Waals surface area (Å²) in [5, 5.41) is 8.81. The highest BCUT2D eigenvalue weighted by Crippen LogP contribution is 2.20. The van der Waals surface area contributed by atoms with Gasteiger partial charge in [-0.15, -0.1) is 0 Å². The normalized spacial score (nSPS) is 14.7. The van der Waals surface area contributed by atoms with Crippen molar-refractivity contribution in [3.63, 3.8) is 0 Å². The third kappa shape index (κ3) is 1.25. The third-order valence-electron chi connectivity index (χ3n) is 2.54. The second kappa shape index (κ2) is 3.06.